The number of ether oxygens (including phenoxy) is 1. The number of carbonyl (C=O) groups excluding carboxylic acids is 1. The fourth-order valence-corrected chi connectivity index (χ4v) is 2.04. The molecule has 0 unspecified atom stereocenters. The van der Waals surface area contributed by atoms with Crippen LogP contribution >= 0.6 is 0 Å². The lowest BCUT2D eigenvalue weighted by Gasteiger charge is -1.98. The molecule has 5 heteroatoms. The highest BCUT2D eigenvalue weighted by molar-refractivity contribution is 7.95. The zero-order chi connectivity index (χ0) is 12.9. The summed E-state index contributed by atoms with van der Waals surface area (Å²) >= 11 is 0. The van der Waals surface area contributed by atoms with Gasteiger partial charge < -0.3 is 4.74 Å². The van der Waals surface area contributed by atoms with Crippen LogP contribution in [0.3, 0.4) is 0 Å². The van der Waals surface area contributed by atoms with E-state index in [-0.39, 0.29) is 0 Å². The third-order valence-corrected chi connectivity index (χ3v) is 3.28. The van der Waals surface area contributed by atoms with Gasteiger partial charge in [-0.3, -0.25) is 4.79 Å². The quantitative estimate of drug-likeness (QED) is 0.765. The molecule has 0 fully saturated rings. The van der Waals surface area contributed by atoms with Crippen LogP contribution in [0.2, 0.25) is 0 Å². The van der Waals surface area contributed by atoms with E-state index in [4.69, 9.17) is 0 Å². The van der Waals surface area contributed by atoms with E-state index in [0.717, 1.165) is 23.6 Å². The minimum atomic E-state index is -3.56. The van der Waals surface area contributed by atoms with Gasteiger partial charge in [0, 0.05) is 5.41 Å². The van der Waals surface area contributed by atoms with Crippen molar-refractivity contribution in [1.29, 1.82) is 0 Å². The standard InChI is InChI=1S/C12H14O4S/c1-10-3-5-11(6-4-10)7-8-17(14,15)9-12(13)16-2/h3-8H,9H2,1-2H3/b8-7-. The van der Waals surface area contributed by atoms with Gasteiger partial charge in [0.25, 0.3) is 0 Å². The molecule has 0 spiro atoms. The van der Waals surface area contributed by atoms with Gasteiger partial charge in [-0.1, -0.05) is 29.8 Å². The highest BCUT2D eigenvalue weighted by atomic mass is 32.2. The lowest BCUT2D eigenvalue weighted by Crippen LogP contribution is -2.14. The number of carbonyl (C=O) groups is 1. The molecule has 1 aromatic carbocycles. The SMILES string of the molecule is COC(=O)CS(=O)(=O)/C=C\c1ccc(C)cc1. The molecule has 92 valence electrons. The largest absolute Gasteiger partial charge is 0.468 e. The molecule has 1 rings (SSSR count). The molecule has 0 aliphatic rings. The monoisotopic (exact) mass is 254 g/mol. The van der Waals surface area contributed by atoms with Crippen LogP contribution in [-0.2, 0) is 19.4 Å². The van der Waals surface area contributed by atoms with E-state index in [0.29, 0.717) is 0 Å². The summed E-state index contributed by atoms with van der Waals surface area (Å²) < 4.78 is 27.2. The second-order valence-electron chi connectivity index (χ2n) is 3.60. The average molecular weight is 254 g/mol. The molecule has 4 nitrogen and oxygen atoms in total. The number of methoxy groups -OCH3 is 1. The van der Waals surface area contributed by atoms with E-state index in [9.17, 15) is 13.2 Å². The van der Waals surface area contributed by atoms with Crippen LogP contribution < -0.4 is 0 Å². The third-order valence-electron chi connectivity index (χ3n) is 2.09. The number of benzene rings is 1. The van der Waals surface area contributed by atoms with Crippen LogP contribution in [0.1, 0.15) is 11.1 Å². The number of hydrogen-bond acceptors (Lipinski definition) is 4. The highest BCUT2D eigenvalue weighted by Gasteiger charge is 2.13. The Kier molecular flexibility index (Phi) is 4.45. The van der Waals surface area contributed by atoms with Gasteiger partial charge in [0.15, 0.2) is 15.6 Å². The first kappa shape index (κ1) is 13.4. The maximum Gasteiger partial charge on any atom is 0.321 e. The van der Waals surface area contributed by atoms with Crippen molar-refractivity contribution in [3.05, 3.63) is 40.8 Å². The van der Waals surface area contributed by atoms with Crippen molar-refractivity contribution in [1.82, 2.24) is 0 Å². The van der Waals surface area contributed by atoms with Crippen molar-refractivity contribution in [2.45, 2.75) is 6.92 Å². The summed E-state index contributed by atoms with van der Waals surface area (Å²) in [5.41, 5.74) is 1.86. The van der Waals surface area contributed by atoms with Gasteiger partial charge in [-0.05, 0) is 18.6 Å². The summed E-state index contributed by atoms with van der Waals surface area (Å²) in [5, 5.41) is 1.02. The summed E-state index contributed by atoms with van der Waals surface area (Å²) in [6, 6.07) is 7.37. The Morgan fingerprint density at radius 3 is 2.41 bits per heavy atom. The van der Waals surface area contributed by atoms with E-state index >= 15 is 0 Å². The first-order chi connectivity index (χ1) is 7.93. The Morgan fingerprint density at radius 1 is 1.29 bits per heavy atom. The van der Waals surface area contributed by atoms with E-state index in [1.54, 1.807) is 12.1 Å². The molecule has 17 heavy (non-hydrogen) atoms. The average Bonchev–Trinajstić information content (AvgIpc) is 2.28. The second kappa shape index (κ2) is 5.63. The minimum Gasteiger partial charge on any atom is -0.468 e. The number of hydrogen-bond donors (Lipinski definition) is 0. The zero-order valence-corrected chi connectivity index (χ0v) is 10.5. The van der Waals surface area contributed by atoms with Gasteiger partial charge in [-0.2, -0.15) is 0 Å². The maximum atomic E-state index is 11.5. The van der Waals surface area contributed by atoms with Crippen LogP contribution in [0.15, 0.2) is 29.7 Å². The molecule has 0 aromatic heterocycles. The molecular weight excluding hydrogens is 240 g/mol. The molecule has 0 saturated heterocycles. The number of aryl methyl sites for hydroxylation is 1. The number of esters is 1. The highest BCUT2D eigenvalue weighted by Crippen LogP contribution is 2.06. The van der Waals surface area contributed by atoms with E-state index < -0.39 is 21.6 Å². The Bertz CT molecular complexity index is 512. The van der Waals surface area contributed by atoms with Gasteiger partial charge >= 0.3 is 5.97 Å². The van der Waals surface area contributed by atoms with Gasteiger partial charge in [0.05, 0.1) is 7.11 Å². The van der Waals surface area contributed by atoms with Crippen molar-refractivity contribution in [3.63, 3.8) is 0 Å². The molecule has 0 N–H and O–H groups in total. The molecule has 0 aliphatic heterocycles. The molecule has 0 radical (unpaired) electrons. The van der Waals surface area contributed by atoms with Crippen LogP contribution in [-0.4, -0.2) is 27.2 Å². The molecule has 0 saturated carbocycles. The van der Waals surface area contributed by atoms with Gasteiger partial charge in [-0.15, -0.1) is 0 Å². The summed E-state index contributed by atoms with van der Waals surface area (Å²) in [7, 11) is -2.40. The summed E-state index contributed by atoms with van der Waals surface area (Å²) in [6.07, 6.45) is 1.46. The van der Waals surface area contributed by atoms with E-state index in [2.05, 4.69) is 4.74 Å². The number of sulfone groups is 1. The first-order valence-corrected chi connectivity index (χ1v) is 6.69. The van der Waals surface area contributed by atoms with Gasteiger partial charge in [0.1, 0.15) is 0 Å². The molecule has 0 heterocycles. The van der Waals surface area contributed by atoms with E-state index in [1.165, 1.54) is 6.08 Å². The van der Waals surface area contributed by atoms with Gasteiger partial charge in [-0.25, -0.2) is 8.42 Å². The molecule has 0 bridgehead atoms. The molecule has 0 amide bonds. The summed E-state index contributed by atoms with van der Waals surface area (Å²) in [6.45, 7) is 1.95. The predicted octanol–water partition coefficient (Wildman–Crippen LogP) is 1.55. The second-order valence-corrected chi connectivity index (χ2v) is 5.48. The fourth-order valence-electron chi connectivity index (χ4n) is 1.13. The molecular formula is C12H14O4S. The topological polar surface area (TPSA) is 60.4 Å². The molecule has 0 aliphatic carbocycles. The van der Waals surface area contributed by atoms with Crippen molar-refractivity contribution < 1.29 is 17.9 Å². The smallest absolute Gasteiger partial charge is 0.321 e. The van der Waals surface area contributed by atoms with Crippen LogP contribution in [0.25, 0.3) is 6.08 Å². The molecule has 0 atom stereocenters. The Morgan fingerprint density at radius 2 is 1.88 bits per heavy atom. The minimum absolute atomic E-state index is 0.633. The van der Waals surface area contributed by atoms with Crippen molar-refractivity contribution in [3.8, 4) is 0 Å². The fraction of sp³-hybridized carbons (Fsp3) is 0.250. The van der Waals surface area contributed by atoms with Gasteiger partial charge in [0.2, 0.25) is 0 Å². The van der Waals surface area contributed by atoms with Crippen molar-refractivity contribution in [2.75, 3.05) is 12.9 Å². The Labute approximate surface area is 101 Å². The van der Waals surface area contributed by atoms with Crippen molar-refractivity contribution in [2.24, 2.45) is 0 Å². The molecule has 1 aromatic rings. The van der Waals surface area contributed by atoms with Crippen molar-refractivity contribution >= 4 is 21.9 Å². The lowest BCUT2D eigenvalue weighted by atomic mass is 10.2. The predicted molar refractivity (Wildman–Crippen MR) is 66.0 cm³/mol. The Hall–Kier alpha value is -1.62. The van der Waals surface area contributed by atoms with Crippen LogP contribution in [0.5, 0.6) is 0 Å². The Balaban J connectivity index is 2.76. The summed E-state index contributed by atoms with van der Waals surface area (Å²) in [5.74, 6) is -1.40. The normalized spacial score (nSPS) is 11.6. The summed E-state index contributed by atoms with van der Waals surface area (Å²) in [4.78, 5) is 10.8. The van der Waals surface area contributed by atoms with Crippen LogP contribution in [0, 0.1) is 6.92 Å². The maximum absolute atomic E-state index is 11.5. The van der Waals surface area contributed by atoms with Crippen LogP contribution in [0.4, 0.5) is 0 Å². The number of rotatable bonds is 4. The zero-order valence-electron chi connectivity index (χ0n) is 9.71. The first-order valence-electron chi connectivity index (χ1n) is 4.97. The van der Waals surface area contributed by atoms with E-state index in [1.807, 2.05) is 19.1 Å². The lowest BCUT2D eigenvalue weighted by molar-refractivity contribution is -0.137. The third kappa shape index (κ3) is 4.82.